The average Bonchev–Trinajstić information content (AvgIpc) is 2.67. The van der Waals surface area contributed by atoms with E-state index in [1.54, 1.807) is 7.11 Å². The van der Waals surface area contributed by atoms with Crippen LogP contribution in [0, 0.1) is 13.8 Å². The van der Waals surface area contributed by atoms with Gasteiger partial charge in [0.2, 0.25) is 0 Å². The van der Waals surface area contributed by atoms with Gasteiger partial charge < -0.3 is 10.2 Å². The van der Waals surface area contributed by atoms with Gasteiger partial charge in [0.1, 0.15) is 5.75 Å². The predicted molar refractivity (Wildman–Crippen MR) is 70.0 cm³/mol. The van der Waals surface area contributed by atoms with Gasteiger partial charge >= 0.3 is 0 Å². The second kappa shape index (κ2) is 4.95. The SMILES string of the molecule is COc1ccccc1CNn1c(C)ccc1C. The van der Waals surface area contributed by atoms with E-state index in [2.05, 4.69) is 42.1 Å². The Morgan fingerprint density at radius 3 is 2.35 bits per heavy atom. The summed E-state index contributed by atoms with van der Waals surface area (Å²) in [6.07, 6.45) is 0. The van der Waals surface area contributed by atoms with E-state index < -0.39 is 0 Å². The molecule has 0 aliphatic heterocycles. The predicted octanol–water partition coefficient (Wildman–Crippen LogP) is 2.86. The first-order valence-electron chi connectivity index (χ1n) is 5.73. The van der Waals surface area contributed by atoms with Crippen molar-refractivity contribution in [3.05, 3.63) is 53.3 Å². The number of methoxy groups -OCH3 is 1. The lowest BCUT2D eigenvalue weighted by Gasteiger charge is -2.14. The van der Waals surface area contributed by atoms with E-state index in [4.69, 9.17) is 4.74 Å². The number of hydrogen-bond acceptors (Lipinski definition) is 2. The van der Waals surface area contributed by atoms with Crippen LogP contribution in [0.2, 0.25) is 0 Å². The number of nitrogens with zero attached hydrogens (tertiary/aromatic N) is 1. The van der Waals surface area contributed by atoms with Crippen LogP contribution in [0.3, 0.4) is 0 Å². The molecule has 0 aliphatic carbocycles. The minimum absolute atomic E-state index is 0.750. The van der Waals surface area contributed by atoms with Crippen molar-refractivity contribution in [2.24, 2.45) is 0 Å². The zero-order valence-electron chi connectivity index (χ0n) is 10.5. The van der Waals surface area contributed by atoms with Crippen LogP contribution < -0.4 is 10.2 Å². The van der Waals surface area contributed by atoms with Crippen molar-refractivity contribution < 1.29 is 4.74 Å². The summed E-state index contributed by atoms with van der Waals surface area (Å²) in [6.45, 7) is 4.92. The van der Waals surface area contributed by atoms with Crippen molar-refractivity contribution >= 4 is 0 Å². The minimum atomic E-state index is 0.750. The molecule has 0 unspecified atom stereocenters. The maximum atomic E-state index is 5.33. The van der Waals surface area contributed by atoms with E-state index in [0.29, 0.717) is 0 Å². The second-order valence-corrected chi connectivity index (χ2v) is 4.10. The van der Waals surface area contributed by atoms with E-state index in [-0.39, 0.29) is 0 Å². The molecule has 0 fully saturated rings. The van der Waals surface area contributed by atoms with Crippen molar-refractivity contribution in [1.29, 1.82) is 0 Å². The Kier molecular flexibility index (Phi) is 3.38. The topological polar surface area (TPSA) is 26.2 Å². The molecule has 0 saturated heterocycles. The Hall–Kier alpha value is -1.90. The summed E-state index contributed by atoms with van der Waals surface area (Å²) in [5, 5.41) is 0. The molecule has 0 bridgehead atoms. The van der Waals surface area contributed by atoms with Gasteiger partial charge in [-0.05, 0) is 32.0 Å². The van der Waals surface area contributed by atoms with Gasteiger partial charge in [-0.2, -0.15) is 0 Å². The van der Waals surface area contributed by atoms with Crippen LogP contribution in [0.25, 0.3) is 0 Å². The first kappa shape index (κ1) is 11.6. The molecule has 1 aromatic heterocycles. The standard InChI is InChI=1S/C14H18N2O/c1-11-8-9-12(2)16(11)15-10-13-6-4-5-7-14(13)17-3/h4-9,15H,10H2,1-3H3. The van der Waals surface area contributed by atoms with Crippen LogP contribution >= 0.6 is 0 Å². The molecule has 2 rings (SSSR count). The normalized spacial score (nSPS) is 10.3. The molecule has 0 aliphatic rings. The zero-order valence-corrected chi connectivity index (χ0v) is 10.5. The monoisotopic (exact) mass is 230 g/mol. The number of rotatable bonds is 4. The number of ether oxygens (including phenoxy) is 1. The van der Waals surface area contributed by atoms with Gasteiger partial charge in [-0.15, -0.1) is 0 Å². The van der Waals surface area contributed by atoms with E-state index in [1.807, 2.05) is 18.2 Å². The fourth-order valence-electron chi connectivity index (χ4n) is 1.93. The molecule has 3 nitrogen and oxygen atoms in total. The highest BCUT2D eigenvalue weighted by molar-refractivity contribution is 5.34. The van der Waals surface area contributed by atoms with Gasteiger partial charge in [0, 0.05) is 17.0 Å². The van der Waals surface area contributed by atoms with E-state index >= 15 is 0 Å². The quantitative estimate of drug-likeness (QED) is 0.874. The van der Waals surface area contributed by atoms with Gasteiger partial charge in [-0.3, -0.25) is 4.68 Å². The first-order valence-corrected chi connectivity index (χ1v) is 5.73. The van der Waals surface area contributed by atoms with Gasteiger partial charge in [0.05, 0.1) is 13.7 Å². The Labute approximate surface area is 102 Å². The van der Waals surface area contributed by atoms with Crippen LogP contribution in [0.15, 0.2) is 36.4 Å². The summed E-state index contributed by atoms with van der Waals surface area (Å²) < 4.78 is 7.42. The van der Waals surface area contributed by atoms with Crippen molar-refractivity contribution in [2.75, 3.05) is 12.5 Å². The minimum Gasteiger partial charge on any atom is -0.496 e. The summed E-state index contributed by atoms with van der Waals surface area (Å²) >= 11 is 0. The molecule has 0 spiro atoms. The fourth-order valence-corrected chi connectivity index (χ4v) is 1.93. The molecule has 0 atom stereocenters. The maximum Gasteiger partial charge on any atom is 0.123 e. The molecule has 2 aromatic rings. The summed E-state index contributed by atoms with van der Waals surface area (Å²) in [4.78, 5) is 0. The van der Waals surface area contributed by atoms with Gasteiger partial charge in [0.25, 0.3) is 0 Å². The number of benzene rings is 1. The van der Waals surface area contributed by atoms with Crippen LogP contribution in [0.1, 0.15) is 17.0 Å². The lowest BCUT2D eigenvalue weighted by atomic mass is 10.2. The lowest BCUT2D eigenvalue weighted by Crippen LogP contribution is -2.17. The van der Waals surface area contributed by atoms with Crippen molar-refractivity contribution in [3.8, 4) is 5.75 Å². The van der Waals surface area contributed by atoms with Crippen molar-refractivity contribution in [3.63, 3.8) is 0 Å². The van der Waals surface area contributed by atoms with E-state index in [1.165, 1.54) is 11.4 Å². The maximum absolute atomic E-state index is 5.33. The Bertz CT molecular complexity index is 483. The van der Waals surface area contributed by atoms with E-state index in [0.717, 1.165) is 17.9 Å². The van der Waals surface area contributed by atoms with Crippen LogP contribution in [0.5, 0.6) is 5.75 Å². The molecule has 0 amide bonds. The Morgan fingerprint density at radius 2 is 1.71 bits per heavy atom. The molecule has 1 aromatic carbocycles. The van der Waals surface area contributed by atoms with E-state index in [9.17, 15) is 0 Å². The number of para-hydroxylation sites is 1. The molecule has 90 valence electrons. The van der Waals surface area contributed by atoms with Crippen LogP contribution in [-0.4, -0.2) is 11.8 Å². The highest BCUT2D eigenvalue weighted by Gasteiger charge is 2.03. The third-order valence-electron chi connectivity index (χ3n) is 2.89. The Balaban J connectivity index is 2.12. The molecule has 1 N–H and O–H groups in total. The number of aromatic nitrogens is 1. The summed E-state index contributed by atoms with van der Waals surface area (Å²) in [7, 11) is 1.70. The van der Waals surface area contributed by atoms with Crippen molar-refractivity contribution in [2.45, 2.75) is 20.4 Å². The second-order valence-electron chi connectivity index (χ2n) is 4.10. The third-order valence-corrected chi connectivity index (χ3v) is 2.89. The van der Waals surface area contributed by atoms with Gasteiger partial charge in [-0.1, -0.05) is 18.2 Å². The Morgan fingerprint density at radius 1 is 1.06 bits per heavy atom. The largest absolute Gasteiger partial charge is 0.496 e. The fraction of sp³-hybridized carbons (Fsp3) is 0.286. The summed E-state index contributed by atoms with van der Waals surface area (Å²) in [5.74, 6) is 0.919. The highest BCUT2D eigenvalue weighted by atomic mass is 16.5. The molecule has 17 heavy (non-hydrogen) atoms. The number of nitrogens with one attached hydrogen (secondary N) is 1. The molecular weight excluding hydrogens is 212 g/mol. The van der Waals surface area contributed by atoms with Crippen LogP contribution in [0.4, 0.5) is 0 Å². The first-order chi connectivity index (χ1) is 8.22. The number of hydrogen-bond donors (Lipinski definition) is 1. The van der Waals surface area contributed by atoms with Gasteiger partial charge in [-0.25, -0.2) is 0 Å². The summed E-state index contributed by atoms with van der Waals surface area (Å²) in [5.41, 5.74) is 6.96. The average molecular weight is 230 g/mol. The van der Waals surface area contributed by atoms with Gasteiger partial charge in [0.15, 0.2) is 0 Å². The molecule has 3 heteroatoms. The summed E-state index contributed by atoms with van der Waals surface area (Å²) in [6, 6.07) is 12.3. The third kappa shape index (κ3) is 2.44. The molecule has 0 saturated carbocycles. The highest BCUT2D eigenvalue weighted by Crippen LogP contribution is 2.17. The molecular formula is C14H18N2O. The smallest absolute Gasteiger partial charge is 0.123 e. The van der Waals surface area contributed by atoms with Crippen LogP contribution in [-0.2, 0) is 6.54 Å². The number of aryl methyl sites for hydroxylation is 2. The lowest BCUT2D eigenvalue weighted by molar-refractivity contribution is 0.409. The zero-order chi connectivity index (χ0) is 12.3. The van der Waals surface area contributed by atoms with Crippen molar-refractivity contribution in [1.82, 2.24) is 4.68 Å². The molecule has 1 heterocycles. The molecule has 0 radical (unpaired) electrons.